The van der Waals surface area contributed by atoms with Crippen molar-refractivity contribution in [1.29, 1.82) is 0 Å². The van der Waals surface area contributed by atoms with Crippen LogP contribution in [0.1, 0.15) is 21.5 Å². The highest BCUT2D eigenvalue weighted by Gasteiger charge is 2.19. The topological polar surface area (TPSA) is 38.3 Å². The van der Waals surface area contributed by atoms with E-state index >= 15 is 0 Å². The van der Waals surface area contributed by atoms with Crippen LogP contribution in [0.5, 0.6) is 5.75 Å². The van der Waals surface area contributed by atoms with Crippen LogP contribution < -0.4 is 10.1 Å². The summed E-state index contributed by atoms with van der Waals surface area (Å²) in [5, 5.41) is 3.28. The van der Waals surface area contributed by atoms with Crippen molar-refractivity contribution in [2.75, 3.05) is 19.0 Å². The monoisotopic (exact) mass is 191 g/mol. The second-order valence-electron chi connectivity index (χ2n) is 3.46. The Labute approximate surface area is 83.1 Å². The van der Waals surface area contributed by atoms with Gasteiger partial charge in [-0.25, -0.2) is 0 Å². The number of ether oxygens (including phenoxy) is 1. The average Bonchev–Trinajstić information content (AvgIpc) is 2.66. The van der Waals surface area contributed by atoms with Gasteiger partial charge in [-0.15, -0.1) is 0 Å². The fourth-order valence-corrected chi connectivity index (χ4v) is 1.98. The number of methoxy groups -OCH3 is 1. The first-order chi connectivity index (χ1) is 6.77. The lowest BCUT2D eigenvalue weighted by Gasteiger charge is -2.11. The molecule has 14 heavy (non-hydrogen) atoms. The molecule has 1 N–H and O–H groups in total. The van der Waals surface area contributed by atoms with E-state index in [0.717, 1.165) is 36.1 Å². The molecule has 0 radical (unpaired) electrons. The van der Waals surface area contributed by atoms with Crippen molar-refractivity contribution < 1.29 is 9.53 Å². The van der Waals surface area contributed by atoms with E-state index in [-0.39, 0.29) is 0 Å². The van der Waals surface area contributed by atoms with Crippen LogP contribution in [0, 0.1) is 6.92 Å². The summed E-state index contributed by atoms with van der Waals surface area (Å²) in [6.07, 6.45) is 1.78. The molecule has 1 aliphatic rings. The van der Waals surface area contributed by atoms with Crippen molar-refractivity contribution in [1.82, 2.24) is 0 Å². The number of rotatable bonds is 2. The zero-order valence-corrected chi connectivity index (χ0v) is 8.39. The molecule has 0 spiro atoms. The molecule has 1 heterocycles. The molecule has 74 valence electrons. The summed E-state index contributed by atoms with van der Waals surface area (Å²) >= 11 is 0. The molecule has 1 aromatic carbocycles. The van der Waals surface area contributed by atoms with E-state index in [1.165, 1.54) is 0 Å². The minimum atomic E-state index is 0.681. The molecule has 0 amide bonds. The average molecular weight is 191 g/mol. The number of aldehydes is 1. The molecule has 1 aliphatic heterocycles. The Bertz CT molecular complexity index is 385. The molecule has 0 saturated heterocycles. The van der Waals surface area contributed by atoms with Crippen molar-refractivity contribution in [3.8, 4) is 5.75 Å². The largest absolute Gasteiger partial charge is 0.496 e. The second-order valence-corrected chi connectivity index (χ2v) is 3.46. The summed E-state index contributed by atoms with van der Waals surface area (Å²) in [7, 11) is 1.59. The van der Waals surface area contributed by atoms with Crippen LogP contribution in [0.15, 0.2) is 6.07 Å². The predicted octanol–water partition coefficient (Wildman–Crippen LogP) is 1.78. The number of fused-ring (bicyclic) bond motifs is 1. The summed E-state index contributed by atoms with van der Waals surface area (Å²) in [5.41, 5.74) is 4.03. The minimum absolute atomic E-state index is 0.681. The quantitative estimate of drug-likeness (QED) is 0.724. The Morgan fingerprint density at radius 1 is 1.57 bits per heavy atom. The number of carbonyl (C=O) groups is 1. The van der Waals surface area contributed by atoms with Gasteiger partial charge in [0.25, 0.3) is 0 Å². The van der Waals surface area contributed by atoms with E-state index in [1.54, 1.807) is 7.11 Å². The lowest BCUT2D eigenvalue weighted by molar-refractivity contribution is 0.112. The summed E-state index contributed by atoms with van der Waals surface area (Å²) in [6, 6.07) is 1.90. The summed E-state index contributed by atoms with van der Waals surface area (Å²) in [4.78, 5) is 10.9. The Morgan fingerprint density at radius 3 is 3.00 bits per heavy atom. The highest BCUT2D eigenvalue weighted by Crippen LogP contribution is 2.34. The predicted molar refractivity (Wildman–Crippen MR) is 55.3 cm³/mol. The van der Waals surface area contributed by atoms with Crippen LogP contribution in [0.25, 0.3) is 0 Å². The Kier molecular flexibility index (Phi) is 2.15. The zero-order valence-electron chi connectivity index (χ0n) is 8.39. The fourth-order valence-electron chi connectivity index (χ4n) is 1.98. The van der Waals surface area contributed by atoms with Gasteiger partial charge in [-0.2, -0.15) is 0 Å². The minimum Gasteiger partial charge on any atom is -0.496 e. The van der Waals surface area contributed by atoms with Gasteiger partial charge < -0.3 is 10.1 Å². The SMILES string of the molecule is COc1cc(C)c2c(c1C=O)CCN2. The number of benzene rings is 1. The standard InChI is InChI=1S/C11H13NO2/c1-7-5-10(14-2)9(6-13)8-3-4-12-11(7)8/h5-6,12H,3-4H2,1-2H3. The molecular formula is C11H13NO2. The Balaban J connectivity index is 2.67. The molecule has 2 rings (SSSR count). The zero-order chi connectivity index (χ0) is 10.1. The van der Waals surface area contributed by atoms with Crippen molar-refractivity contribution in [3.63, 3.8) is 0 Å². The lowest BCUT2D eigenvalue weighted by Crippen LogP contribution is -1.97. The van der Waals surface area contributed by atoms with E-state index in [2.05, 4.69) is 5.32 Å². The Hall–Kier alpha value is -1.51. The second kappa shape index (κ2) is 3.33. The maximum absolute atomic E-state index is 10.9. The highest BCUT2D eigenvalue weighted by molar-refractivity contribution is 5.87. The van der Waals surface area contributed by atoms with E-state index in [4.69, 9.17) is 4.74 Å². The number of aryl methyl sites for hydroxylation is 1. The van der Waals surface area contributed by atoms with Crippen molar-refractivity contribution >= 4 is 12.0 Å². The van der Waals surface area contributed by atoms with Crippen LogP contribution >= 0.6 is 0 Å². The van der Waals surface area contributed by atoms with E-state index < -0.39 is 0 Å². The molecular weight excluding hydrogens is 178 g/mol. The van der Waals surface area contributed by atoms with Gasteiger partial charge in [0.15, 0.2) is 6.29 Å². The molecule has 0 aromatic heterocycles. The van der Waals surface area contributed by atoms with Crippen LogP contribution in [0.4, 0.5) is 5.69 Å². The van der Waals surface area contributed by atoms with Crippen LogP contribution in [0.3, 0.4) is 0 Å². The van der Waals surface area contributed by atoms with Crippen molar-refractivity contribution in [2.24, 2.45) is 0 Å². The van der Waals surface area contributed by atoms with Gasteiger partial charge >= 0.3 is 0 Å². The first-order valence-electron chi connectivity index (χ1n) is 4.67. The molecule has 0 atom stereocenters. The number of hydrogen-bond donors (Lipinski definition) is 1. The van der Waals surface area contributed by atoms with Crippen LogP contribution in [-0.2, 0) is 6.42 Å². The number of carbonyl (C=O) groups excluding carboxylic acids is 1. The molecule has 3 heteroatoms. The van der Waals surface area contributed by atoms with E-state index in [9.17, 15) is 4.79 Å². The molecule has 0 saturated carbocycles. The van der Waals surface area contributed by atoms with Gasteiger partial charge in [-0.1, -0.05) is 0 Å². The normalized spacial score (nSPS) is 13.3. The maximum atomic E-state index is 10.9. The third kappa shape index (κ3) is 1.16. The molecule has 1 aromatic rings. The van der Waals surface area contributed by atoms with E-state index in [1.807, 2.05) is 13.0 Å². The number of nitrogens with one attached hydrogen (secondary N) is 1. The lowest BCUT2D eigenvalue weighted by atomic mass is 10.0. The molecule has 0 aliphatic carbocycles. The van der Waals surface area contributed by atoms with Gasteiger partial charge in [-0.05, 0) is 30.5 Å². The summed E-state index contributed by atoms with van der Waals surface area (Å²) in [6.45, 7) is 2.93. The molecule has 3 nitrogen and oxygen atoms in total. The third-order valence-corrected chi connectivity index (χ3v) is 2.65. The number of anilines is 1. The van der Waals surface area contributed by atoms with E-state index in [0.29, 0.717) is 11.3 Å². The Morgan fingerprint density at radius 2 is 2.36 bits per heavy atom. The van der Waals surface area contributed by atoms with Crippen LogP contribution in [-0.4, -0.2) is 19.9 Å². The van der Waals surface area contributed by atoms with Gasteiger partial charge in [0.1, 0.15) is 5.75 Å². The van der Waals surface area contributed by atoms with Crippen molar-refractivity contribution in [2.45, 2.75) is 13.3 Å². The molecule has 0 bridgehead atoms. The first kappa shape index (κ1) is 9.06. The van der Waals surface area contributed by atoms with Gasteiger partial charge in [0, 0.05) is 12.2 Å². The molecule has 0 fully saturated rings. The smallest absolute Gasteiger partial charge is 0.154 e. The van der Waals surface area contributed by atoms with Crippen molar-refractivity contribution in [3.05, 3.63) is 22.8 Å². The maximum Gasteiger partial charge on any atom is 0.154 e. The fraction of sp³-hybridized carbons (Fsp3) is 0.364. The van der Waals surface area contributed by atoms with Gasteiger partial charge in [0.2, 0.25) is 0 Å². The number of hydrogen-bond acceptors (Lipinski definition) is 3. The molecule has 0 unspecified atom stereocenters. The highest BCUT2D eigenvalue weighted by atomic mass is 16.5. The summed E-state index contributed by atoms with van der Waals surface area (Å²) in [5.74, 6) is 0.681. The van der Waals surface area contributed by atoms with Gasteiger partial charge in [0.05, 0.1) is 12.7 Å². The summed E-state index contributed by atoms with van der Waals surface area (Å²) < 4.78 is 5.18. The van der Waals surface area contributed by atoms with Crippen LogP contribution in [0.2, 0.25) is 0 Å². The first-order valence-corrected chi connectivity index (χ1v) is 4.67. The van der Waals surface area contributed by atoms with Gasteiger partial charge in [-0.3, -0.25) is 4.79 Å². The third-order valence-electron chi connectivity index (χ3n) is 2.65.